The van der Waals surface area contributed by atoms with Crippen LogP contribution in [-0.2, 0) is 11.3 Å². The summed E-state index contributed by atoms with van der Waals surface area (Å²) in [5, 5.41) is 24.2. The third-order valence-corrected chi connectivity index (χ3v) is 4.03. The van der Waals surface area contributed by atoms with Crippen molar-refractivity contribution in [3.05, 3.63) is 29.8 Å². The van der Waals surface area contributed by atoms with Crippen molar-refractivity contribution in [2.24, 2.45) is 5.92 Å². The lowest BCUT2D eigenvalue weighted by atomic mass is 10.1. The molecule has 1 unspecified atom stereocenters. The second-order valence-corrected chi connectivity index (χ2v) is 6.03. The van der Waals surface area contributed by atoms with E-state index in [0.717, 1.165) is 24.0 Å². The standard InChI is InChI=1S/C16H21N5O2/c1-11-2-4-13(5-3-11)16-18-20-21(19-16)10-15(23)17-14(8-9-22)12-6-7-12/h2-5,12,14,22H,6-10H2,1H3,(H,17,23). The fourth-order valence-electron chi connectivity index (χ4n) is 2.57. The molecule has 1 aliphatic rings. The number of hydrogen-bond acceptors (Lipinski definition) is 5. The van der Waals surface area contributed by atoms with E-state index in [-0.39, 0.29) is 25.1 Å². The van der Waals surface area contributed by atoms with Gasteiger partial charge >= 0.3 is 0 Å². The molecule has 23 heavy (non-hydrogen) atoms. The molecule has 1 heterocycles. The minimum atomic E-state index is -0.150. The summed E-state index contributed by atoms with van der Waals surface area (Å²) in [6, 6.07) is 7.88. The molecule has 7 heteroatoms. The molecule has 2 aromatic rings. The Labute approximate surface area is 134 Å². The second kappa shape index (κ2) is 6.87. The Kier molecular flexibility index (Phi) is 4.66. The third-order valence-electron chi connectivity index (χ3n) is 4.03. The number of aliphatic hydroxyl groups excluding tert-OH is 1. The molecule has 1 aliphatic carbocycles. The molecular weight excluding hydrogens is 294 g/mol. The van der Waals surface area contributed by atoms with Gasteiger partial charge < -0.3 is 10.4 Å². The Bertz CT molecular complexity index is 663. The zero-order valence-electron chi connectivity index (χ0n) is 13.1. The number of aromatic nitrogens is 4. The van der Waals surface area contributed by atoms with Crippen molar-refractivity contribution in [1.82, 2.24) is 25.5 Å². The van der Waals surface area contributed by atoms with Gasteiger partial charge in [-0.2, -0.15) is 4.80 Å². The highest BCUT2D eigenvalue weighted by molar-refractivity contribution is 5.76. The van der Waals surface area contributed by atoms with E-state index in [0.29, 0.717) is 18.2 Å². The van der Waals surface area contributed by atoms with Crippen LogP contribution in [0.2, 0.25) is 0 Å². The average molecular weight is 315 g/mol. The van der Waals surface area contributed by atoms with Crippen molar-refractivity contribution >= 4 is 5.91 Å². The highest BCUT2D eigenvalue weighted by Gasteiger charge is 2.31. The molecule has 1 amide bonds. The molecule has 1 atom stereocenters. The van der Waals surface area contributed by atoms with Gasteiger partial charge in [0.25, 0.3) is 0 Å². The van der Waals surface area contributed by atoms with Gasteiger partial charge in [0.2, 0.25) is 11.7 Å². The SMILES string of the molecule is Cc1ccc(-c2nnn(CC(=O)NC(CCO)C3CC3)n2)cc1. The van der Waals surface area contributed by atoms with Gasteiger partial charge in [-0.15, -0.1) is 10.2 Å². The molecule has 0 radical (unpaired) electrons. The number of carbonyl (C=O) groups is 1. The number of rotatable bonds is 7. The molecular formula is C16H21N5O2. The Morgan fingerprint density at radius 2 is 2.13 bits per heavy atom. The van der Waals surface area contributed by atoms with Crippen LogP contribution >= 0.6 is 0 Å². The number of carbonyl (C=O) groups excluding carboxylic acids is 1. The van der Waals surface area contributed by atoms with Crippen molar-refractivity contribution in [2.45, 2.75) is 38.8 Å². The van der Waals surface area contributed by atoms with E-state index in [2.05, 4.69) is 20.7 Å². The molecule has 0 aliphatic heterocycles. The van der Waals surface area contributed by atoms with Gasteiger partial charge in [0.1, 0.15) is 6.54 Å². The van der Waals surface area contributed by atoms with Crippen LogP contribution in [0.5, 0.6) is 0 Å². The number of benzene rings is 1. The first-order chi connectivity index (χ1) is 11.2. The van der Waals surface area contributed by atoms with Crippen LogP contribution in [0.1, 0.15) is 24.8 Å². The first-order valence-corrected chi connectivity index (χ1v) is 7.91. The highest BCUT2D eigenvalue weighted by atomic mass is 16.3. The first-order valence-electron chi connectivity index (χ1n) is 7.91. The summed E-state index contributed by atoms with van der Waals surface area (Å²) in [5.41, 5.74) is 2.04. The Morgan fingerprint density at radius 1 is 1.39 bits per heavy atom. The summed E-state index contributed by atoms with van der Waals surface area (Å²) in [5.74, 6) is 0.855. The molecule has 7 nitrogen and oxygen atoms in total. The summed E-state index contributed by atoms with van der Waals surface area (Å²) in [7, 11) is 0. The number of nitrogens with zero attached hydrogens (tertiary/aromatic N) is 4. The Morgan fingerprint density at radius 3 is 2.78 bits per heavy atom. The highest BCUT2D eigenvalue weighted by Crippen LogP contribution is 2.33. The van der Waals surface area contributed by atoms with Gasteiger partial charge in [-0.05, 0) is 37.3 Å². The fourth-order valence-corrected chi connectivity index (χ4v) is 2.57. The van der Waals surface area contributed by atoms with Crippen LogP contribution in [-0.4, -0.2) is 43.9 Å². The lowest BCUT2D eigenvalue weighted by Gasteiger charge is -2.16. The van der Waals surface area contributed by atoms with E-state index in [9.17, 15) is 4.79 Å². The van der Waals surface area contributed by atoms with Crippen LogP contribution in [0.25, 0.3) is 11.4 Å². The zero-order chi connectivity index (χ0) is 16.2. The number of nitrogens with one attached hydrogen (secondary N) is 1. The topological polar surface area (TPSA) is 92.9 Å². The van der Waals surface area contributed by atoms with Gasteiger partial charge in [0.05, 0.1) is 0 Å². The predicted octanol–water partition coefficient (Wildman–Crippen LogP) is 0.926. The van der Waals surface area contributed by atoms with E-state index < -0.39 is 0 Å². The van der Waals surface area contributed by atoms with Crippen LogP contribution in [0.15, 0.2) is 24.3 Å². The minimum Gasteiger partial charge on any atom is -0.396 e. The van der Waals surface area contributed by atoms with E-state index in [1.165, 1.54) is 4.80 Å². The lowest BCUT2D eigenvalue weighted by Crippen LogP contribution is -2.39. The second-order valence-electron chi connectivity index (χ2n) is 6.03. The van der Waals surface area contributed by atoms with Crippen LogP contribution < -0.4 is 5.32 Å². The van der Waals surface area contributed by atoms with Crippen molar-refractivity contribution in [1.29, 1.82) is 0 Å². The average Bonchev–Trinajstić information content (AvgIpc) is 3.28. The monoisotopic (exact) mass is 315 g/mol. The van der Waals surface area contributed by atoms with Crippen LogP contribution in [0.3, 0.4) is 0 Å². The molecule has 1 saturated carbocycles. The lowest BCUT2D eigenvalue weighted by molar-refractivity contribution is -0.123. The molecule has 0 saturated heterocycles. The molecule has 3 rings (SSSR count). The maximum atomic E-state index is 12.1. The maximum Gasteiger partial charge on any atom is 0.243 e. The largest absolute Gasteiger partial charge is 0.396 e. The number of aryl methyl sites for hydroxylation is 1. The molecule has 0 spiro atoms. The van der Waals surface area contributed by atoms with Gasteiger partial charge in [-0.25, -0.2) is 0 Å². The number of amides is 1. The van der Waals surface area contributed by atoms with E-state index in [4.69, 9.17) is 5.11 Å². The van der Waals surface area contributed by atoms with Gasteiger partial charge in [-0.3, -0.25) is 4.79 Å². The van der Waals surface area contributed by atoms with Crippen LogP contribution in [0.4, 0.5) is 0 Å². The summed E-state index contributed by atoms with van der Waals surface area (Å²) in [6.07, 6.45) is 2.82. The number of hydrogen-bond donors (Lipinski definition) is 2. The van der Waals surface area contributed by atoms with Crippen LogP contribution in [0, 0.1) is 12.8 Å². The van der Waals surface area contributed by atoms with Crippen molar-refractivity contribution < 1.29 is 9.90 Å². The molecule has 1 aromatic heterocycles. The molecule has 1 fully saturated rings. The Hall–Kier alpha value is -2.28. The van der Waals surface area contributed by atoms with E-state index in [1.807, 2.05) is 31.2 Å². The van der Waals surface area contributed by atoms with Gasteiger partial charge in [-0.1, -0.05) is 29.8 Å². The zero-order valence-corrected chi connectivity index (χ0v) is 13.1. The van der Waals surface area contributed by atoms with Crippen molar-refractivity contribution in [3.8, 4) is 11.4 Å². The fraction of sp³-hybridized carbons (Fsp3) is 0.500. The summed E-state index contributed by atoms with van der Waals surface area (Å²) >= 11 is 0. The van der Waals surface area contributed by atoms with Gasteiger partial charge in [0, 0.05) is 18.2 Å². The summed E-state index contributed by atoms with van der Waals surface area (Å²) in [6.45, 7) is 2.13. The van der Waals surface area contributed by atoms with E-state index >= 15 is 0 Å². The number of tetrazole rings is 1. The smallest absolute Gasteiger partial charge is 0.243 e. The molecule has 2 N–H and O–H groups in total. The quantitative estimate of drug-likeness (QED) is 0.793. The Balaban J connectivity index is 1.59. The van der Waals surface area contributed by atoms with Gasteiger partial charge in [0.15, 0.2) is 0 Å². The third kappa shape index (κ3) is 4.13. The first kappa shape index (κ1) is 15.6. The maximum absolute atomic E-state index is 12.1. The minimum absolute atomic E-state index is 0.0352. The summed E-state index contributed by atoms with van der Waals surface area (Å²) < 4.78 is 0. The normalized spacial score (nSPS) is 15.4. The van der Waals surface area contributed by atoms with Crippen molar-refractivity contribution in [2.75, 3.05) is 6.61 Å². The molecule has 122 valence electrons. The van der Waals surface area contributed by atoms with Crippen molar-refractivity contribution in [3.63, 3.8) is 0 Å². The predicted molar refractivity (Wildman–Crippen MR) is 84.3 cm³/mol. The number of aliphatic hydroxyl groups is 1. The van der Waals surface area contributed by atoms with E-state index in [1.54, 1.807) is 0 Å². The molecule has 1 aromatic carbocycles. The molecule has 0 bridgehead atoms. The summed E-state index contributed by atoms with van der Waals surface area (Å²) in [4.78, 5) is 13.4.